The minimum absolute atomic E-state index is 0.398. The van der Waals surface area contributed by atoms with Crippen LogP contribution in [0.15, 0.2) is 48.5 Å². The number of benzene rings is 2. The summed E-state index contributed by atoms with van der Waals surface area (Å²) in [5.74, 6) is -1.02. The highest BCUT2D eigenvalue weighted by atomic mass is 35.5. The molecule has 19 heavy (non-hydrogen) atoms. The molecule has 98 valence electrons. The summed E-state index contributed by atoms with van der Waals surface area (Å²) in [6, 6.07) is 12.8. The van der Waals surface area contributed by atoms with E-state index in [1.807, 2.05) is 0 Å². The second-order valence-corrected chi connectivity index (χ2v) is 4.73. The lowest BCUT2D eigenvalue weighted by atomic mass is 10.1. The van der Waals surface area contributed by atoms with Crippen molar-refractivity contribution in [1.82, 2.24) is 0 Å². The van der Waals surface area contributed by atoms with Gasteiger partial charge in [0.25, 0.3) is 0 Å². The molecule has 0 radical (unpaired) electrons. The quantitative estimate of drug-likeness (QED) is 0.887. The first-order valence-corrected chi connectivity index (χ1v) is 6.33. The summed E-state index contributed by atoms with van der Waals surface area (Å²) >= 11 is 12.0. The maximum absolute atomic E-state index is 11.4. The molecule has 0 saturated carbocycles. The fraction of sp³-hybridized carbons (Fsp3) is 0.0714. The van der Waals surface area contributed by atoms with E-state index in [0.717, 1.165) is 0 Å². The molecule has 0 aliphatic carbocycles. The number of carbonyl (C=O) groups is 1. The summed E-state index contributed by atoms with van der Waals surface area (Å²) in [6.45, 7) is 0. The third-order valence-corrected chi connectivity index (χ3v) is 3.31. The third-order valence-electron chi connectivity index (χ3n) is 2.64. The molecule has 2 N–H and O–H groups in total. The van der Waals surface area contributed by atoms with Crippen LogP contribution in [0.5, 0.6) is 0 Å². The summed E-state index contributed by atoms with van der Waals surface area (Å²) in [5, 5.41) is 13.1. The summed E-state index contributed by atoms with van der Waals surface area (Å²) in [4.78, 5) is 11.4. The Morgan fingerprint density at radius 2 is 1.58 bits per heavy atom. The number of hydrogen-bond acceptors (Lipinski definition) is 2. The van der Waals surface area contributed by atoms with Crippen molar-refractivity contribution >= 4 is 34.9 Å². The first-order valence-electron chi connectivity index (χ1n) is 5.58. The van der Waals surface area contributed by atoms with E-state index in [1.54, 1.807) is 48.5 Å². The average Bonchev–Trinajstić information content (AvgIpc) is 2.38. The maximum atomic E-state index is 11.4. The lowest BCUT2D eigenvalue weighted by Crippen LogP contribution is -2.21. The van der Waals surface area contributed by atoms with Crippen molar-refractivity contribution in [2.75, 3.05) is 5.32 Å². The standard InChI is InChI=1S/C14H11Cl2NO2/c15-10-6-2-1-5-9(10)13(14(18)19)17-12-8-4-3-7-11(12)16/h1-8,13,17H,(H,18,19). The molecule has 2 aromatic carbocycles. The van der Waals surface area contributed by atoms with Gasteiger partial charge >= 0.3 is 5.97 Å². The summed E-state index contributed by atoms with van der Waals surface area (Å²) in [5.41, 5.74) is 1.05. The molecular weight excluding hydrogens is 285 g/mol. The molecule has 0 aromatic heterocycles. The molecule has 0 spiro atoms. The van der Waals surface area contributed by atoms with E-state index in [-0.39, 0.29) is 0 Å². The Morgan fingerprint density at radius 1 is 1.00 bits per heavy atom. The topological polar surface area (TPSA) is 49.3 Å². The van der Waals surface area contributed by atoms with Gasteiger partial charge in [0.15, 0.2) is 6.04 Å². The molecule has 5 heteroatoms. The van der Waals surface area contributed by atoms with E-state index < -0.39 is 12.0 Å². The largest absolute Gasteiger partial charge is 0.479 e. The lowest BCUT2D eigenvalue weighted by molar-refractivity contribution is -0.138. The van der Waals surface area contributed by atoms with Crippen molar-refractivity contribution < 1.29 is 9.90 Å². The Bertz CT molecular complexity index is 602. The van der Waals surface area contributed by atoms with Crippen molar-refractivity contribution in [3.8, 4) is 0 Å². The molecule has 1 atom stereocenters. The van der Waals surface area contributed by atoms with Crippen LogP contribution in [0.4, 0.5) is 5.69 Å². The van der Waals surface area contributed by atoms with Crippen LogP contribution < -0.4 is 5.32 Å². The second-order valence-electron chi connectivity index (χ2n) is 3.92. The van der Waals surface area contributed by atoms with Crippen LogP contribution in [-0.2, 0) is 4.79 Å². The molecule has 3 nitrogen and oxygen atoms in total. The van der Waals surface area contributed by atoms with Crippen molar-refractivity contribution in [2.24, 2.45) is 0 Å². The van der Waals surface area contributed by atoms with Gasteiger partial charge in [0, 0.05) is 10.6 Å². The molecule has 0 bridgehead atoms. The Morgan fingerprint density at radius 3 is 2.16 bits per heavy atom. The van der Waals surface area contributed by atoms with Crippen molar-refractivity contribution in [1.29, 1.82) is 0 Å². The Labute approximate surface area is 120 Å². The minimum atomic E-state index is -1.02. The molecule has 0 aliphatic heterocycles. The van der Waals surface area contributed by atoms with E-state index >= 15 is 0 Å². The first kappa shape index (κ1) is 13.7. The summed E-state index contributed by atoms with van der Waals surface area (Å²) < 4.78 is 0. The van der Waals surface area contributed by atoms with Crippen LogP contribution in [0.1, 0.15) is 11.6 Å². The highest BCUT2D eigenvalue weighted by Gasteiger charge is 2.22. The number of carboxylic acid groups (broad SMARTS) is 1. The number of aliphatic carboxylic acids is 1. The van der Waals surface area contributed by atoms with Gasteiger partial charge in [-0.15, -0.1) is 0 Å². The average molecular weight is 296 g/mol. The van der Waals surface area contributed by atoms with Gasteiger partial charge in [0.1, 0.15) is 0 Å². The smallest absolute Gasteiger partial charge is 0.330 e. The minimum Gasteiger partial charge on any atom is -0.479 e. The number of halogens is 2. The molecule has 2 rings (SSSR count). The zero-order valence-corrected chi connectivity index (χ0v) is 11.3. The predicted molar refractivity (Wildman–Crippen MR) is 76.9 cm³/mol. The van der Waals surface area contributed by atoms with Crippen LogP contribution >= 0.6 is 23.2 Å². The van der Waals surface area contributed by atoms with Crippen LogP contribution in [0.3, 0.4) is 0 Å². The van der Waals surface area contributed by atoms with Crippen molar-refractivity contribution in [3.05, 3.63) is 64.1 Å². The van der Waals surface area contributed by atoms with Crippen LogP contribution in [0.25, 0.3) is 0 Å². The van der Waals surface area contributed by atoms with E-state index in [1.165, 1.54) is 0 Å². The van der Waals surface area contributed by atoms with E-state index in [9.17, 15) is 9.90 Å². The van der Waals surface area contributed by atoms with Crippen LogP contribution in [0.2, 0.25) is 10.0 Å². The SMILES string of the molecule is O=C(O)C(Nc1ccccc1Cl)c1ccccc1Cl. The number of para-hydroxylation sites is 1. The highest BCUT2D eigenvalue weighted by molar-refractivity contribution is 6.33. The zero-order valence-electron chi connectivity index (χ0n) is 9.81. The van der Waals surface area contributed by atoms with Crippen molar-refractivity contribution in [3.63, 3.8) is 0 Å². The Balaban J connectivity index is 2.35. The third kappa shape index (κ3) is 3.19. The van der Waals surface area contributed by atoms with Crippen LogP contribution in [-0.4, -0.2) is 11.1 Å². The fourth-order valence-electron chi connectivity index (χ4n) is 1.72. The molecule has 0 saturated heterocycles. The first-order chi connectivity index (χ1) is 9.09. The van der Waals surface area contributed by atoms with Gasteiger partial charge in [-0.2, -0.15) is 0 Å². The molecule has 2 aromatic rings. The van der Waals surface area contributed by atoms with Gasteiger partial charge < -0.3 is 10.4 Å². The number of anilines is 1. The van der Waals surface area contributed by atoms with E-state index in [2.05, 4.69) is 5.32 Å². The molecule has 1 unspecified atom stereocenters. The van der Waals surface area contributed by atoms with Gasteiger partial charge in [-0.25, -0.2) is 4.79 Å². The van der Waals surface area contributed by atoms with Gasteiger partial charge in [-0.3, -0.25) is 0 Å². The lowest BCUT2D eigenvalue weighted by Gasteiger charge is -2.18. The summed E-state index contributed by atoms with van der Waals surface area (Å²) in [6.07, 6.45) is 0. The molecule has 0 fully saturated rings. The summed E-state index contributed by atoms with van der Waals surface area (Å²) in [7, 11) is 0. The number of carboxylic acids is 1. The molecular formula is C14H11Cl2NO2. The number of nitrogens with one attached hydrogen (secondary N) is 1. The van der Waals surface area contributed by atoms with Gasteiger partial charge in [0.2, 0.25) is 0 Å². The molecule has 0 heterocycles. The number of rotatable bonds is 4. The van der Waals surface area contributed by atoms with Gasteiger partial charge in [-0.1, -0.05) is 53.5 Å². The monoisotopic (exact) mass is 295 g/mol. The molecule has 0 amide bonds. The fourth-order valence-corrected chi connectivity index (χ4v) is 2.15. The Kier molecular flexibility index (Phi) is 4.30. The van der Waals surface area contributed by atoms with Crippen molar-refractivity contribution in [2.45, 2.75) is 6.04 Å². The Hall–Kier alpha value is -1.71. The molecule has 0 aliphatic rings. The van der Waals surface area contributed by atoms with Gasteiger partial charge in [-0.05, 0) is 18.2 Å². The van der Waals surface area contributed by atoms with E-state index in [4.69, 9.17) is 23.2 Å². The number of hydrogen-bond donors (Lipinski definition) is 2. The second kappa shape index (κ2) is 5.95. The maximum Gasteiger partial charge on any atom is 0.330 e. The van der Waals surface area contributed by atoms with Crippen LogP contribution in [0, 0.1) is 0 Å². The predicted octanol–water partition coefficient (Wildman–Crippen LogP) is 4.23. The normalized spacial score (nSPS) is 11.9. The van der Waals surface area contributed by atoms with Gasteiger partial charge in [0.05, 0.1) is 10.7 Å². The van der Waals surface area contributed by atoms with E-state index in [0.29, 0.717) is 21.3 Å². The zero-order chi connectivity index (χ0) is 13.8. The highest BCUT2D eigenvalue weighted by Crippen LogP contribution is 2.29.